The summed E-state index contributed by atoms with van der Waals surface area (Å²) in [6.07, 6.45) is 2.94. The fraction of sp³-hybridized carbons (Fsp3) is 0.267. The third-order valence-corrected chi connectivity index (χ3v) is 3.37. The van der Waals surface area contributed by atoms with Crippen LogP contribution in [-0.2, 0) is 4.74 Å². The van der Waals surface area contributed by atoms with Gasteiger partial charge in [0, 0.05) is 18.7 Å². The zero-order chi connectivity index (χ0) is 16.2. The van der Waals surface area contributed by atoms with Crippen LogP contribution in [0.25, 0.3) is 0 Å². The Morgan fingerprint density at radius 2 is 1.83 bits per heavy atom. The van der Waals surface area contributed by atoms with Gasteiger partial charge in [0.25, 0.3) is 5.91 Å². The predicted molar refractivity (Wildman–Crippen MR) is 79.4 cm³/mol. The number of aromatic nitrogens is 2. The van der Waals surface area contributed by atoms with E-state index in [0.717, 1.165) is 12.1 Å². The zero-order valence-electron chi connectivity index (χ0n) is 12.1. The number of carbonyl (C=O) groups is 1. The normalized spacial score (nSPS) is 14.6. The zero-order valence-corrected chi connectivity index (χ0v) is 12.1. The molecule has 3 rings (SSSR count). The summed E-state index contributed by atoms with van der Waals surface area (Å²) in [7, 11) is 0. The first kappa shape index (κ1) is 15.3. The van der Waals surface area contributed by atoms with Crippen LogP contribution >= 0.6 is 0 Å². The van der Waals surface area contributed by atoms with E-state index >= 15 is 0 Å². The number of nitrogens with zero attached hydrogens (tertiary/aromatic N) is 3. The van der Waals surface area contributed by atoms with Crippen LogP contribution in [0.3, 0.4) is 0 Å². The summed E-state index contributed by atoms with van der Waals surface area (Å²) in [5.41, 5.74) is 0.387. The first-order valence-electron chi connectivity index (χ1n) is 7.04. The highest BCUT2D eigenvalue weighted by molar-refractivity contribution is 6.04. The second kappa shape index (κ2) is 6.66. The van der Waals surface area contributed by atoms with Crippen LogP contribution in [0.5, 0.6) is 0 Å². The SMILES string of the molecule is O=C(Nc1cnc(N2CCOCC2)nc1)c1ccc(F)c(F)c1. The molecule has 1 amide bonds. The van der Waals surface area contributed by atoms with Gasteiger partial charge in [-0.05, 0) is 18.2 Å². The van der Waals surface area contributed by atoms with E-state index in [9.17, 15) is 13.6 Å². The van der Waals surface area contributed by atoms with Gasteiger partial charge in [0.15, 0.2) is 11.6 Å². The second-order valence-electron chi connectivity index (χ2n) is 4.95. The van der Waals surface area contributed by atoms with Crippen LogP contribution < -0.4 is 10.2 Å². The number of rotatable bonds is 3. The van der Waals surface area contributed by atoms with Gasteiger partial charge >= 0.3 is 0 Å². The number of amides is 1. The van der Waals surface area contributed by atoms with Crippen molar-refractivity contribution >= 4 is 17.5 Å². The van der Waals surface area contributed by atoms with Gasteiger partial charge < -0.3 is 15.0 Å². The van der Waals surface area contributed by atoms with E-state index < -0.39 is 17.5 Å². The molecule has 120 valence electrons. The summed E-state index contributed by atoms with van der Waals surface area (Å²) in [6.45, 7) is 2.66. The lowest BCUT2D eigenvalue weighted by Gasteiger charge is -2.26. The lowest BCUT2D eigenvalue weighted by molar-refractivity contribution is 0.102. The molecule has 6 nitrogen and oxygen atoms in total. The molecule has 0 atom stereocenters. The van der Waals surface area contributed by atoms with Gasteiger partial charge in [-0.1, -0.05) is 0 Å². The quantitative estimate of drug-likeness (QED) is 0.935. The van der Waals surface area contributed by atoms with E-state index in [-0.39, 0.29) is 5.56 Å². The third kappa shape index (κ3) is 3.59. The van der Waals surface area contributed by atoms with E-state index in [4.69, 9.17) is 4.74 Å². The number of ether oxygens (including phenoxy) is 1. The van der Waals surface area contributed by atoms with E-state index in [1.54, 1.807) is 0 Å². The van der Waals surface area contributed by atoms with Crippen molar-refractivity contribution in [3.63, 3.8) is 0 Å². The number of nitrogens with one attached hydrogen (secondary N) is 1. The fourth-order valence-electron chi connectivity index (χ4n) is 2.15. The van der Waals surface area contributed by atoms with Crippen LogP contribution in [0.4, 0.5) is 20.4 Å². The van der Waals surface area contributed by atoms with Gasteiger partial charge in [-0.3, -0.25) is 4.79 Å². The van der Waals surface area contributed by atoms with E-state index in [0.29, 0.717) is 37.9 Å². The fourth-order valence-corrected chi connectivity index (χ4v) is 2.15. The number of hydrogen-bond donors (Lipinski definition) is 1. The molecule has 0 bridgehead atoms. The second-order valence-corrected chi connectivity index (χ2v) is 4.95. The molecule has 0 spiro atoms. The maximum atomic E-state index is 13.1. The molecular weight excluding hydrogens is 306 g/mol. The highest BCUT2D eigenvalue weighted by Crippen LogP contribution is 2.14. The summed E-state index contributed by atoms with van der Waals surface area (Å²) >= 11 is 0. The Kier molecular flexibility index (Phi) is 4.42. The molecule has 1 saturated heterocycles. The van der Waals surface area contributed by atoms with Gasteiger partial charge in [-0.15, -0.1) is 0 Å². The Morgan fingerprint density at radius 3 is 2.48 bits per heavy atom. The molecule has 0 radical (unpaired) electrons. The highest BCUT2D eigenvalue weighted by Gasteiger charge is 2.14. The van der Waals surface area contributed by atoms with Crippen molar-refractivity contribution in [2.45, 2.75) is 0 Å². The molecule has 1 aliphatic rings. The molecule has 1 fully saturated rings. The number of carbonyl (C=O) groups excluding carboxylic acids is 1. The van der Waals surface area contributed by atoms with Crippen LogP contribution in [-0.4, -0.2) is 42.2 Å². The van der Waals surface area contributed by atoms with Crippen LogP contribution in [0.15, 0.2) is 30.6 Å². The molecule has 0 aliphatic carbocycles. The van der Waals surface area contributed by atoms with Crippen molar-refractivity contribution in [2.75, 3.05) is 36.5 Å². The minimum Gasteiger partial charge on any atom is -0.378 e. The van der Waals surface area contributed by atoms with Gasteiger partial charge in [0.1, 0.15) is 0 Å². The average Bonchev–Trinajstić information content (AvgIpc) is 2.59. The van der Waals surface area contributed by atoms with Crippen LogP contribution in [0.1, 0.15) is 10.4 Å². The minimum atomic E-state index is -1.07. The Hall–Kier alpha value is -2.61. The first-order valence-corrected chi connectivity index (χ1v) is 7.04. The number of hydrogen-bond acceptors (Lipinski definition) is 5. The Morgan fingerprint density at radius 1 is 1.13 bits per heavy atom. The Balaban J connectivity index is 1.67. The van der Waals surface area contributed by atoms with Gasteiger partial charge in [0.05, 0.1) is 31.3 Å². The molecule has 2 aromatic rings. The van der Waals surface area contributed by atoms with Crippen LogP contribution in [0.2, 0.25) is 0 Å². The summed E-state index contributed by atoms with van der Waals surface area (Å²) in [5, 5.41) is 2.54. The number of halogens is 2. The minimum absolute atomic E-state index is 0.0150. The Labute approximate surface area is 131 Å². The van der Waals surface area contributed by atoms with Crippen molar-refractivity contribution in [1.82, 2.24) is 9.97 Å². The van der Waals surface area contributed by atoms with E-state index in [1.807, 2.05) is 4.90 Å². The van der Waals surface area contributed by atoms with Crippen molar-refractivity contribution in [3.05, 3.63) is 47.8 Å². The van der Waals surface area contributed by atoms with E-state index in [2.05, 4.69) is 15.3 Å². The smallest absolute Gasteiger partial charge is 0.255 e. The summed E-state index contributed by atoms with van der Waals surface area (Å²) in [5.74, 6) is -2.08. The number of anilines is 2. The molecule has 1 N–H and O–H groups in total. The summed E-state index contributed by atoms with van der Waals surface area (Å²) < 4.78 is 31.3. The summed E-state index contributed by atoms with van der Waals surface area (Å²) in [4.78, 5) is 22.3. The summed E-state index contributed by atoms with van der Waals surface area (Å²) in [6, 6.07) is 2.95. The standard InChI is InChI=1S/C15H14F2N4O2/c16-12-2-1-10(7-13(12)17)14(22)20-11-8-18-15(19-9-11)21-3-5-23-6-4-21/h1-2,7-9H,3-6H2,(H,20,22). The van der Waals surface area contributed by atoms with Crippen LogP contribution in [0, 0.1) is 11.6 Å². The average molecular weight is 320 g/mol. The monoisotopic (exact) mass is 320 g/mol. The Bertz CT molecular complexity index is 703. The molecule has 23 heavy (non-hydrogen) atoms. The molecule has 2 heterocycles. The predicted octanol–water partition coefficient (Wildman–Crippen LogP) is 1.84. The van der Waals surface area contributed by atoms with Crippen molar-refractivity contribution in [3.8, 4) is 0 Å². The molecule has 0 saturated carbocycles. The van der Waals surface area contributed by atoms with Gasteiger partial charge in [-0.2, -0.15) is 0 Å². The highest BCUT2D eigenvalue weighted by atomic mass is 19.2. The largest absolute Gasteiger partial charge is 0.378 e. The van der Waals surface area contributed by atoms with Gasteiger partial charge in [-0.25, -0.2) is 18.7 Å². The number of morpholine rings is 1. The molecule has 1 aromatic carbocycles. The van der Waals surface area contributed by atoms with Gasteiger partial charge in [0.2, 0.25) is 5.95 Å². The number of benzene rings is 1. The molecule has 1 aliphatic heterocycles. The molecular formula is C15H14F2N4O2. The third-order valence-electron chi connectivity index (χ3n) is 3.37. The maximum Gasteiger partial charge on any atom is 0.255 e. The lowest BCUT2D eigenvalue weighted by atomic mass is 10.2. The van der Waals surface area contributed by atoms with Crippen molar-refractivity contribution in [1.29, 1.82) is 0 Å². The van der Waals surface area contributed by atoms with Crippen molar-refractivity contribution in [2.24, 2.45) is 0 Å². The topological polar surface area (TPSA) is 67.4 Å². The van der Waals surface area contributed by atoms with E-state index in [1.165, 1.54) is 18.5 Å². The maximum absolute atomic E-state index is 13.1. The molecule has 0 unspecified atom stereocenters. The van der Waals surface area contributed by atoms with Crippen molar-refractivity contribution < 1.29 is 18.3 Å². The first-order chi connectivity index (χ1) is 11.1. The molecule has 1 aromatic heterocycles. The molecule has 8 heteroatoms. The lowest BCUT2D eigenvalue weighted by Crippen LogP contribution is -2.37.